The van der Waals surface area contributed by atoms with Gasteiger partial charge in [-0.05, 0) is 67.6 Å². The van der Waals surface area contributed by atoms with Crippen molar-refractivity contribution in [1.29, 1.82) is 0 Å². The predicted octanol–water partition coefficient (Wildman–Crippen LogP) is 2.88. The maximum absolute atomic E-state index is 12.8. The molecule has 27 heavy (non-hydrogen) atoms. The van der Waals surface area contributed by atoms with Crippen molar-refractivity contribution in [3.63, 3.8) is 0 Å². The van der Waals surface area contributed by atoms with Crippen molar-refractivity contribution < 1.29 is 14.3 Å². The topological polar surface area (TPSA) is 70.7 Å². The normalized spacial score (nSPS) is 28.3. The van der Waals surface area contributed by atoms with Crippen molar-refractivity contribution >= 4 is 17.6 Å². The number of rotatable bonds is 5. The number of amides is 3. The van der Waals surface area contributed by atoms with Gasteiger partial charge in [-0.2, -0.15) is 0 Å². The molecule has 2 bridgehead atoms. The number of methoxy groups -OCH3 is 1. The van der Waals surface area contributed by atoms with E-state index in [0.29, 0.717) is 36.2 Å². The van der Waals surface area contributed by atoms with Crippen molar-refractivity contribution in [2.75, 3.05) is 38.7 Å². The molecule has 2 aliphatic carbocycles. The molecule has 1 aromatic carbocycles. The van der Waals surface area contributed by atoms with E-state index in [2.05, 4.69) is 10.6 Å². The van der Waals surface area contributed by atoms with E-state index < -0.39 is 0 Å². The number of likely N-dealkylation sites (tertiary alicyclic amines) is 1. The molecule has 3 amide bonds. The molecule has 6 nitrogen and oxygen atoms in total. The number of nitrogens with one attached hydrogen (secondary N) is 2. The van der Waals surface area contributed by atoms with Crippen molar-refractivity contribution in [1.82, 2.24) is 10.2 Å². The number of hydrogen-bond donors (Lipinski definition) is 2. The highest BCUT2D eigenvalue weighted by Crippen LogP contribution is 2.55. The molecular weight excluding hydrogens is 342 g/mol. The standard InChI is InChI=1S/C21H29N3O3/c1-13-16(20(25)22-8-9-27-2)4-3-5-19(13)23-21(26)24-11-17-14-6-7-15(10-14)18(17)12-24/h3-5,14-15,17-18H,6-12H2,1-2H3,(H,22,25)(H,23,26)/t14-,15+,17-,18+. The first-order chi connectivity index (χ1) is 13.1. The zero-order valence-corrected chi connectivity index (χ0v) is 16.2. The molecule has 4 atom stereocenters. The van der Waals surface area contributed by atoms with Gasteiger partial charge in [0.15, 0.2) is 0 Å². The first-order valence-electron chi connectivity index (χ1n) is 10.0. The van der Waals surface area contributed by atoms with Gasteiger partial charge in [-0.25, -0.2) is 4.79 Å². The number of carbonyl (C=O) groups is 2. The Kier molecular flexibility index (Phi) is 5.08. The van der Waals surface area contributed by atoms with Gasteiger partial charge in [0, 0.05) is 38.0 Å². The van der Waals surface area contributed by atoms with Gasteiger partial charge in [-0.1, -0.05) is 6.07 Å². The molecular formula is C21H29N3O3. The fraction of sp³-hybridized carbons (Fsp3) is 0.619. The number of hydrogen-bond acceptors (Lipinski definition) is 3. The van der Waals surface area contributed by atoms with E-state index >= 15 is 0 Å². The molecule has 6 heteroatoms. The summed E-state index contributed by atoms with van der Waals surface area (Å²) in [6.45, 7) is 4.58. The maximum atomic E-state index is 12.8. The molecule has 2 N–H and O–H groups in total. The van der Waals surface area contributed by atoms with Gasteiger partial charge in [-0.15, -0.1) is 0 Å². The van der Waals surface area contributed by atoms with Gasteiger partial charge < -0.3 is 20.3 Å². The molecule has 1 saturated heterocycles. The first-order valence-corrected chi connectivity index (χ1v) is 10.0. The summed E-state index contributed by atoms with van der Waals surface area (Å²) in [5, 5.41) is 5.87. The van der Waals surface area contributed by atoms with Gasteiger partial charge in [-0.3, -0.25) is 4.79 Å². The Balaban J connectivity index is 1.40. The van der Waals surface area contributed by atoms with Crippen LogP contribution >= 0.6 is 0 Å². The Hall–Kier alpha value is -2.08. The minimum absolute atomic E-state index is 0.0381. The van der Waals surface area contributed by atoms with Gasteiger partial charge in [0.2, 0.25) is 0 Å². The summed E-state index contributed by atoms with van der Waals surface area (Å²) < 4.78 is 4.97. The number of carbonyl (C=O) groups excluding carboxylic acids is 2. The Bertz CT molecular complexity index is 717. The molecule has 3 aliphatic rings. The van der Waals surface area contributed by atoms with Gasteiger partial charge >= 0.3 is 6.03 Å². The second-order valence-corrected chi connectivity index (χ2v) is 8.22. The number of nitrogens with zero attached hydrogens (tertiary/aromatic N) is 1. The van der Waals surface area contributed by atoms with Crippen molar-refractivity contribution in [2.24, 2.45) is 23.7 Å². The summed E-state index contributed by atoms with van der Waals surface area (Å²) in [6.07, 6.45) is 4.07. The number of benzene rings is 1. The highest BCUT2D eigenvalue weighted by atomic mass is 16.5. The van der Waals surface area contributed by atoms with Crippen LogP contribution in [0.15, 0.2) is 18.2 Å². The van der Waals surface area contributed by atoms with Crippen LogP contribution in [-0.4, -0.2) is 50.2 Å². The van der Waals surface area contributed by atoms with E-state index in [9.17, 15) is 9.59 Å². The SMILES string of the molecule is COCCNC(=O)c1cccc(NC(=O)N2C[C@@H]3[C@@H]4CC[C@@H](C4)[C@@H]3C2)c1C. The van der Waals surface area contributed by atoms with Crippen LogP contribution in [0.4, 0.5) is 10.5 Å². The van der Waals surface area contributed by atoms with E-state index in [-0.39, 0.29) is 11.9 Å². The second-order valence-electron chi connectivity index (χ2n) is 8.22. The van der Waals surface area contributed by atoms with Crippen LogP contribution in [0.25, 0.3) is 0 Å². The fourth-order valence-corrected chi connectivity index (χ4v) is 5.42. The van der Waals surface area contributed by atoms with Crippen molar-refractivity contribution in [3.05, 3.63) is 29.3 Å². The van der Waals surface area contributed by atoms with Gasteiger partial charge in [0.1, 0.15) is 0 Å². The average Bonchev–Trinajstić information content (AvgIpc) is 3.36. The summed E-state index contributed by atoms with van der Waals surface area (Å²) in [5.41, 5.74) is 2.08. The lowest BCUT2D eigenvalue weighted by Gasteiger charge is -2.22. The quantitative estimate of drug-likeness (QED) is 0.782. The third-order valence-corrected chi connectivity index (χ3v) is 6.84. The summed E-state index contributed by atoms with van der Waals surface area (Å²) in [4.78, 5) is 27.2. The Morgan fingerprint density at radius 1 is 1.19 bits per heavy atom. The van der Waals surface area contributed by atoms with Crippen LogP contribution in [0.1, 0.15) is 35.2 Å². The molecule has 0 aromatic heterocycles. The lowest BCUT2D eigenvalue weighted by Crippen LogP contribution is -2.34. The highest BCUT2D eigenvalue weighted by molar-refractivity contribution is 5.99. The molecule has 146 valence electrons. The zero-order valence-electron chi connectivity index (χ0n) is 16.2. The number of fused-ring (bicyclic) bond motifs is 5. The third-order valence-electron chi connectivity index (χ3n) is 6.84. The monoisotopic (exact) mass is 371 g/mol. The summed E-state index contributed by atoms with van der Waals surface area (Å²) >= 11 is 0. The Morgan fingerprint density at radius 3 is 2.56 bits per heavy atom. The molecule has 0 spiro atoms. The lowest BCUT2D eigenvalue weighted by molar-refractivity contribution is 0.0936. The molecule has 1 aromatic rings. The predicted molar refractivity (Wildman–Crippen MR) is 104 cm³/mol. The van der Waals surface area contributed by atoms with E-state index in [1.54, 1.807) is 13.2 Å². The summed E-state index contributed by atoms with van der Waals surface area (Å²) in [6, 6.07) is 5.42. The number of anilines is 1. The lowest BCUT2D eigenvalue weighted by atomic mass is 9.82. The van der Waals surface area contributed by atoms with E-state index in [0.717, 1.165) is 30.5 Å². The van der Waals surface area contributed by atoms with Crippen molar-refractivity contribution in [3.8, 4) is 0 Å². The molecule has 1 heterocycles. The smallest absolute Gasteiger partial charge is 0.321 e. The first kappa shape index (κ1) is 18.3. The van der Waals surface area contributed by atoms with Crippen molar-refractivity contribution in [2.45, 2.75) is 26.2 Å². The summed E-state index contributed by atoms with van der Waals surface area (Å²) in [5.74, 6) is 2.92. The molecule has 4 rings (SSSR count). The maximum Gasteiger partial charge on any atom is 0.321 e. The summed E-state index contributed by atoms with van der Waals surface area (Å²) in [7, 11) is 1.60. The fourth-order valence-electron chi connectivity index (χ4n) is 5.42. The van der Waals surface area contributed by atoms with E-state index in [4.69, 9.17) is 4.74 Å². The largest absolute Gasteiger partial charge is 0.383 e. The minimum atomic E-state index is -0.145. The zero-order chi connectivity index (χ0) is 19.0. The number of ether oxygens (including phenoxy) is 1. The molecule has 0 unspecified atom stereocenters. The van der Waals surface area contributed by atoms with Crippen LogP contribution in [-0.2, 0) is 4.74 Å². The minimum Gasteiger partial charge on any atom is -0.383 e. The van der Waals surface area contributed by atoms with Crippen LogP contribution in [0.3, 0.4) is 0 Å². The average molecular weight is 371 g/mol. The van der Waals surface area contributed by atoms with E-state index in [1.807, 2.05) is 24.0 Å². The Morgan fingerprint density at radius 2 is 1.89 bits per heavy atom. The van der Waals surface area contributed by atoms with Gasteiger partial charge in [0.05, 0.1) is 6.61 Å². The third kappa shape index (κ3) is 3.43. The van der Waals surface area contributed by atoms with Gasteiger partial charge in [0.25, 0.3) is 5.91 Å². The molecule has 0 radical (unpaired) electrons. The van der Waals surface area contributed by atoms with E-state index in [1.165, 1.54) is 19.3 Å². The Labute approximate surface area is 160 Å². The molecule has 2 saturated carbocycles. The number of urea groups is 1. The van der Waals surface area contributed by atoms with Crippen LogP contribution < -0.4 is 10.6 Å². The van der Waals surface area contributed by atoms with Crippen LogP contribution in [0, 0.1) is 30.6 Å². The molecule has 1 aliphatic heterocycles. The van der Waals surface area contributed by atoms with Crippen LogP contribution in [0.2, 0.25) is 0 Å². The van der Waals surface area contributed by atoms with Crippen LogP contribution in [0.5, 0.6) is 0 Å². The highest BCUT2D eigenvalue weighted by Gasteiger charge is 2.52. The second kappa shape index (κ2) is 7.50. The molecule has 3 fully saturated rings.